The minimum atomic E-state index is -4.45. The van der Waals surface area contributed by atoms with Gasteiger partial charge in [0.05, 0.1) is 11.3 Å². The fraction of sp³-hybridized carbons (Fsp3) is 0.222. The Balaban J connectivity index is 1.70. The Morgan fingerprint density at radius 1 is 1.14 bits per heavy atom. The summed E-state index contributed by atoms with van der Waals surface area (Å²) < 4.78 is 39.8. The molecular formula is C18H16F3N5OS. The van der Waals surface area contributed by atoms with Crippen molar-refractivity contribution >= 4 is 23.4 Å². The van der Waals surface area contributed by atoms with Gasteiger partial charge in [-0.05, 0) is 31.2 Å². The van der Waals surface area contributed by atoms with E-state index in [0.29, 0.717) is 23.2 Å². The Labute approximate surface area is 163 Å². The smallest absolute Gasteiger partial charge is 0.325 e. The molecule has 2 heterocycles. The quantitative estimate of drug-likeness (QED) is 0.623. The number of nitrogens with zero attached hydrogens (tertiary/aromatic N) is 4. The van der Waals surface area contributed by atoms with Crippen molar-refractivity contribution in [2.45, 2.75) is 24.8 Å². The van der Waals surface area contributed by atoms with Gasteiger partial charge in [0.2, 0.25) is 5.91 Å². The summed E-state index contributed by atoms with van der Waals surface area (Å²) in [7, 11) is 0. The van der Waals surface area contributed by atoms with Crippen molar-refractivity contribution in [3.8, 4) is 11.5 Å². The second-order valence-corrected chi connectivity index (χ2v) is 6.63. The van der Waals surface area contributed by atoms with Gasteiger partial charge in [-0.2, -0.15) is 13.2 Å². The molecule has 6 nitrogen and oxygen atoms in total. The third kappa shape index (κ3) is 4.69. The molecule has 0 aliphatic heterocycles. The molecule has 0 saturated heterocycles. The van der Waals surface area contributed by atoms with Gasteiger partial charge in [0.25, 0.3) is 0 Å². The van der Waals surface area contributed by atoms with Crippen LogP contribution in [0.1, 0.15) is 12.5 Å². The van der Waals surface area contributed by atoms with Gasteiger partial charge in [0, 0.05) is 18.4 Å². The number of aromatic nitrogens is 4. The lowest BCUT2D eigenvalue weighted by Gasteiger charge is -2.09. The van der Waals surface area contributed by atoms with Crippen molar-refractivity contribution in [2.24, 2.45) is 0 Å². The number of halogens is 3. The third-order valence-electron chi connectivity index (χ3n) is 3.74. The first-order valence-corrected chi connectivity index (χ1v) is 9.31. The fourth-order valence-electron chi connectivity index (χ4n) is 2.41. The highest BCUT2D eigenvalue weighted by atomic mass is 32.2. The Hall–Kier alpha value is -2.88. The first-order valence-electron chi connectivity index (χ1n) is 8.33. The number of rotatable bonds is 6. The summed E-state index contributed by atoms with van der Waals surface area (Å²) >= 11 is 1.19. The molecule has 0 atom stereocenters. The van der Waals surface area contributed by atoms with Gasteiger partial charge in [-0.15, -0.1) is 10.2 Å². The highest BCUT2D eigenvalue weighted by Crippen LogP contribution is 2.30. The number of carbonyl (C=O) groups is 1. The summed E-state index contributed by atoms with van der Waals surface area (Å²) in [6.45, 7) is 2.33. The first-order chi connectivity index (χ1) is 13.4. The number of alkyl halides is 3. The van der Waals surface area contributed by atoms with E-state index in [2.05, 4.69) is 20.5 Å². The number of anilines is 1. The summed E-state index contributed by atoms with van der Waals surface area (Å²) in [6.07, 6.45) is -3.68. The molecule has 1 aromatic carbocycles. The number of benzene rings is 1. The Morgan fingerprint density at radius 3 is 2.50 bits per heavy atom. The predicted octanol–water partition coefficient (Wildman–Crippen LogP) is 4.11. The lowest BCUT2D eigenvalue weighted by atomic mass is 10.2. The van der Waals surface area contributed by atoms with Crippen molar-refractivity contribution < 1.29 is 18.0 Å². The highest BCUT2D eigenvalue weighted by Gasteiger charge is 2.31. The van der Waals surface area contributed by atoms with E-state index in [0.717, 1.165) is 12.3 Å². The Bertz CT molecular complexity index is 942. The maximum absolute atomic E-state index is 12.7. The van der Waals surface area contributed by atoms with Crippen LogP contribution in [0, 0.1) is 0 Å². The van der Waals surface area contributed by atoms with Crippen LogP contribution in [0.5, 0.6) is 0 Å². The van der Waals surface area contributed by atoms with E-state index in [-0.39, 0.29) is 17.4 Å². The first kappa shape index (κ1) is 19.9. The summed E-state index contributed by atoms with van der Waals surface area (Å²) in [5.74, 6) is 0.270. The third-order valence-corrected chi connectivity index (χ3v) is 4.71. The average Bonchev–Trinajstić information content (AvgIpc) is 3.09. The number of hydrogen-bond acceptors (Lipinski definition) is 5. The summed E-state index contributed by atoms with van der Waals surface area (Å²) in [5.41, 5.74) is 0.147. The molecule has 2 aromatic heterocycles. The molecule has 10 heteroatoms. The Kier molecular flexibility index (Phi) is 5.98. The van der Waals surface area contributed by atoms with Crippen LogP contribution < -0.4 is 5.32 Å². The van der Waals surface area contributed by atoms with Crippen LogP contribution in [-0.2, 0) is 17.5 Å². The number of pyridine rings is 1. The molecule has 0 saturated carbocycles. The van der Waals surface area contributed by atoms with E-state index < -0.39 is 11.7 Å². The van der Waals surface area contributed by atoms with Gasteiger partial charge in [-0.1, -0.05) is 30.0 Å². The normalized spacial score (nSPS) is 11.4. The summed E-state index contributed by atoms with van der Waals surface area (Å²) in [5, 5.41) is 11.3. The molecular weight excluding hydrogens is 391 g/mol. The molecule has 3 aromatic rings. The zero-order valence-electron chi connectivity index (χ0n) is 14.8. The molecule has 0 spiro atoms. The van der Waals surface area contributed by atoms with Crippen molar-refractivity contribution in [2.75, 3.05) is 11.1 Å². The van der Waals surface area contributed by atoms with Gasteiger partial charge in [-0.25, -0.2) is 0 Å². The number of carbonyl (C=O) groups excluding carboxylic acids is 1. The Morgan fingerprint density at radius 2 is 1.89 bits per heavy atom. The number of nitrogens with one attached hydrogen (secondary N) is 1. The van der Waals surface area contributed by atoms with Crippen LogP contribution in [-0.4, -0.2) is 31.4 Å². The maximum Gasteiger partial charge on any atom is 0.417 e. The van der Waals surface area contributed by atoms with Crippen molar-refractivity contribution in [3.05, 3.63) is 54.2 Å². The van der Waals surface area contributed by atoms with Crippen LogP contribution >= 0.6 is 11.8 Å². The number of amides is 1. The molecule has 0 bridgehead atoms. The highest BCUT2D eigenvalue weighted by molar-refractivity contribution is 7.99. The van der Waals surface area contributed by atoms with E-state index >= 15 is 0 Å². The maximum atomic E-state index is 12.7. The molecule has 0 fully saturated rings. The van der Waals surface area contributed by atoms with Crippen molar-refractivity contribution in [3.63, 3.8) is 0 Å². The van der Waals surface area contributed by atoms with Crippen LogP contribution in [0.2, 0.25) is 0 Å². The largest absolute Gasteiger partial charge is 0.417 e. The molecule has 0 aliphatic rings. The minimum absolute atomic E-state index is 0.119. The molecule has 0 aliphatic carbocycles. The second-order valence-electron chi connectivity index (χ2n) is 5.68. The van der Waals surface area contributed by atoms with Crippen LogP contribution in [0.4, 0.5) is 18.9 Å². The molecule has 3 rings (SSSR count). The van der Waals surface area contributed by atoms with Crippen molar-refractivity contribution in [1.82, 2.24) is 19.7 Å². The van der Waals surface area contributed by atoms with E-state index in [1.165, 1.54) is 17.8 Å². The SMILES string of the molecule is CCn1c(SCC(=O)Nc2ccccc2)nnc1-c1ccc(C(F)(F)F)cn1. The molecule has 1 N–H and O–H groups in total. The monoisotopic (exact) mass is 407 g/mol. The molecule has 1 amide bonds. The fourth-order valence-corrected chi connectivity index (χ4v) is 3.21. The van der Waals surface area contributed by atoms with E-state index in [9.17, 15) is 18.0 Å². The van der Waals surface area contributed by atoms with Gasteiger partial charge in [-0.3, -0.25) is 9.78 Å². The number of para-hydroxylation sites is 1. The zero-order valence-corrected chi connectivity index (χ0v) is 15.6. The topological polar surface area (TPSA) is 72.7 Å². The van der Waals surface area contributed by atoms with Crippen LogP contribution in [0.15, 0.2) is 53.8 Å². The van der Waals surface area contributed by atoms with Gasteiger partial charge in [0.1, 0.15) is 5.69 Å². The van der Waals surface area contributed by atoms with E-state index in [4.69, 9.17) is 0 Å². The minimum Gasteiger partial charge on any atom is -0.325 e. The molecule has 28 heavy (non-hydrogen) atoms. The van der Waals surface area contributed by atoms with Crippen LogP contribution in [0.25, 0.3) is 11.5 Å². The number of thioether (sulfide) groups is 1. The summed E-state index contributed by atoms with van der Waals surface area (Å²) in [4.78, 5) is 15.9. The molecule has 0 unspecified atom stereocenters. The van der Waals surface area contributed by atoms with E-state index in [1.807, 2.05) is 25.1 Å². The predicted molar refractivity (Wildman–Crippen MR) is 99.7 cm³/mol. The number of hydrogen-bond donors (Lipinski definition) is 1. The van der Waals surface area contributed by atoms with Crippen molar-refractivity contribution in [1.29, 1.82) is 0 Å². The standard InChI is InChI=1S/C18H16F3N5OS/c1-2-26-16(14-9-8-12(10-22-14)18(19,20)21)24-25-17(26)28-11-15(27)23-13-6-4-3-5-7-13/h3-10H,2,11H2,1H3,(H,23,27). The van der Waals surface area contributed by atoms with Crippen LogP contribution in [0.3, 0.4) is 0 Å². The van der Waals surface area contributed by atoms with Gasteiger partial charge < -0.3 is 9.88 Å². The average molecular weight is 407 g/mol. The summed E-state index contributed by atoms with van der Waals surface area (Å²) in [6, 6.07) is 11.3. The second kappa shape index (κ2) is 8.42. The lowest BCUT2D eigenvalue weighted by Crippen LogP contribution is -2.14. The van der Waals surface area contributed by atoms with E-state index in [1.54, 1.807) is 16.7 Å². The lowest BCUT2D eigenvalue weighted by molar-refractivity contribution is -0.137. The van der Waals surface area contributed by atoms with Gasteiger partial charge >= 0.3 is 6.18 Å². The van der Waals surface area contributed by atoms with Gasteiger partial charge in [0.15, 0.2) is 11.0 Å². The molecule has 146 valence electrons. The molecule has 0 radical (unpaired) electrons. The zero-order chi connectivity index (χ0) is 20.1.